The van der Waals surface area contributed by atoms with Gasteiger partial charge in [-0.05, 0) is 28.2 Å². The molecule has 1 unspecified atom stereocenters. The second kappa shape index (κ2) is 9.97. The zero-order valence-electron chi connectivity index (χ0n) is 18.3. The highest BCUT2D eigenvalue weighted by Crippen LogP contribution is 2.44. The minimum atomic E-state index is -3.92. The first-order valence-corrected chi connectivity index (χ1v) is 10.6. The Bertz CT molecular complexity index is 996. The lowest BCUT2D eigenvalue weighted by molar-refractivity contribution is -0.147. The Balaban J connectivity index is 1.53. The summed E-state index contributed by atoms with van der Waals surface area (Å²) in [7, 11) is 0. The fourth-order valence-corrected chi connectivity index (χ4v) is 3.85. The number of benzene rings is 2. The van der Waals surface area contributed by atoms with Crippen LogP contribution in [0.25, 0.3) is 11.1 Å². The number of carboxylic acid groups (broad SMARTS) is 1. The molecule has 0 saturated heterocycles. The molecular weight excluding hydrogens is 434 g/mol. The molecule has 1 atom stereocenters. The first kappa shape index (κ1) is 24.2. The second-order valence-corrected chi connectivity index (χ2v) is 8.28. The van der Waals surface area contributed by atoms with Gasteiger partial charge in [0.2, 0.25) is 0 Å². The lowest BCUT2D eigenvalue weighted by atomic mass is 9.96. The van der Waals surface area contributed by atoms with Crippen molar-refractivity contribution in [3.63, 3.8) is 0 Å². The summed E-state index contributed by atoms with van der Waals surface area (Å²) in [6, 6.07) is 15.4. The molecule has 0 bridgehead atoms. The maximum absolute atomic E-state index is 14.1. The molecule has 2 amide bonds. The van der Waals surface area contributed by atoms with Crippen molar-refractivity contribution < 1.29 is 33.0 Å². The van der Waals surface area contributed by atoms with Crippen molar-refractivity contribution >= 4 is 18.0 Å². The number of carbonyl (C=O) groups excluding carboxylic acids is 2. The SMILES string of the molecule is CC(C)C(CNC(=O)C(F)(F)CNC(=O)OCC1c2ccccc2-c2ccccc21)C(=O)O. The largest absolute Gasteiger partial charge is 0.481 e. The first-order chi connectivity index (χ1) is 15.6. The minimum Gasteiger partial charge on any atom is -0.481 e. The molecule has 1 aliphatic rings. The Hall–Kier alpha value is -3.49. The fraction of sp³-hybridized carbons (Fsp3) is 0.375. The highest BCUT2D eigenvalue weighted by Gasteiger charge is 2.40. The van der Waals surface area contributed by atoms with E-state index in [0.29, 0.717) is 0 Å². The van der Waals surface area contributed by atoms with Crippen molar-refractivity contribution in [1.29, 1.82) is 0 Å². The van der Waals surface area contributed by atoms with Gasteiger partial charge in [-0.15, -0.1) is 0 Å². The van der Waals surface area contributed by atoms with E-state index in [9.17, 15) is 23.2 Å². The molecule has 0 aromatic heterocycles. The lowest BCUT2D eigenvalue weighted by Gasteiger charge is -2.20. The van der Waals surface area contributed by atoms with Crippen LogP contribution in [0.1, 0.15) is 30.9 Å². The average Bonchev–Trinajstić information content (AvgIpc) is 3.09. The third-order valence-electron chi connectivity index (χ3n) is 5.74. The van der Waals surface area contributed by atoms with Gasteiger partial charge >= 0.3 is 18.0 Å². The molecule has 176 valence electrons. The number of amides is 2. The predicted molar refractivity (Wildman–Crippen MR) is 117 cm³/mol. The molecule has 0 radical (unpaired) electrons. The Labute approximate surface area is 190 Å². The van der Waals surface area contributed by atoms with E-state index in [4.69, 9.17) is 9.84 Å². The molecule has 33 heavy (non-hydrogen) atoms. The number of halogens is 2. The summed E-state index contributed by atoms with van der Waals surface area (Å²) in [5, 5.41) is 13.0. The molecule has 2 aromatic carbocycles. The number of alkyl carbamates (subject to hydrolysis) is 1. The summed E-state index contributed by atoms with van der Waals surface area (Å²) < 4.78 is 33.5. The first-order valence-electron chi connectivity index (χ1n) is 10.6. The maximum atomic E-state index is 14.1. The number of carbonyl (C=O) groups is 3. The van der Waals surface area contributed by atoms with Gasteiger partial charge in [-0.3, -0.25) is 9.59 Å². The van der Waals surface area contributed by atoms with E-state index in [-0.39, 0.29) is 18.4 Å². The second-order valence-electron chi connectivity index (χ2n) is 8.28. The van der Waals surface area contributed by atoms with E-state index < -0.39 is 42.9 Å². The van der Waals surface area contributed by atoms with E-state index >= 15 is 0 Å². The van der Waals surface area contributed by atoms with Crippen LogP contribution >= 0.6 is 0 Å². The molecule has 0 heterocycles. The summed E-state index contributed by atoms with van der Waals surface area (Å²) in [5.41, 5.74) is 4.03. The average molecular weight is 460 g/mol. The Morgan fingerprint density at radius 3 is 2.06 bits per heavy atom. The maximum Gasteiger partial charge on any atom is 0.407 e. The number of hydrogen-bond acceptors (Lipinski definition) is 4. The van der Waals surface area contributed by atoms with Crippen LogP contribution in [0.5, 0.6) is 0 Å². The predicted octanol–water partition coefficient (Wildman–Crippen LogP) is 3.63. The highest BCUT2D eigenvalue weighted by atomic mass is 19.3. The number of carboxylic acids is 1. The van der Waals surface area contributed by atoms with Crippen LogP contribution < -0.4 is 10.6 Å². The quantitative estimate of drug-likeness (QED) is 0.530. The molecule has 2 aromatic rings. The van der Waals surface area contributed by atoms with E-state index in [2.05, 4.69) is 0 Å². The van der Waals surface area contributed by atoms with E-state index in [1.165, 1.54) is 0 Å². The van der Waals surface area contributed by atoms with Crippen LogP contribution in [0.3, 0.4) is 0 Å². The Morgan fingerprint density at radius 1 is 1.00 bits per heavy atom. The number of aliphatic carboxylic acids is 1. The zero-order chi connectivity index (χ0) is 24.2. The van der Waals surface area contributed by atoms with Gasteiger partial charge in [0.05, 0.1) is 12.5 Å². The molecule has 0 fully saturated rings. The molecule has 1 aliphatic carbocycles. The van der Waals surface area contributed by atoms with Gasteiger partial charge < -0.3 is 20.5 Å². The lowest BCUT2D eigenvalue weighted by Crippen LogP contribution is -2.50. The van der Waals surface area contributed by atoms with Crippen molar-refractivity contribution in [2.45, 2.75) is 25.7 Å². The van der Waals surface area contributed by atoms with Crippen LogP contribution in [0.2, 0.25) is 0 Å². The van der Waals surface area contributed by atoms with Gasteiger partial charge in [0.15, 0.2) is 0 Å². The number of alkyl halides is 2. The third-order valence-corrected chi connectivity index (χ3v) is 5.74. The number of fused-ring (bicyclic) bond motifs is 3. The number of hydrogen-bond donors (Lipinski definition) is 3. The molecular formula is C24H26F2N2O5. The van der Waals surface area contributed by atoms with Crippen LogP contribution in [-0.4, -0.2) is 48.7 Å². The van der Waals surface area contributed by atoms with Gasteiger partial charge in [-0.1, -0.05) is 62.4 Å². The third kappa shape index (κ3) is 5.47. The fourth-order valence-electron chi connectivity index (χ4n) is 3.85. The van der Waals surface area contributed by atoms with Crippen LogP contribution in [0.4, 0.5) is 13.6 Å². The summed E-state index contributed by atoms with van der Waals surface area (Å²) >= 11 is 0. The van der Waals surface area contributed by atoms with Crippen molar-refractivity contribution in [2.24, 2.45) is 11.8 Å². The van der Waals surface area contributed by atoms with E-state index in [1.807, 2.05) is 59.2 Å². The summed E-state index contributed by atoms with van der Waals surface area (Å²) in [6.45, 7) is 1.47. The molecule has 0 spiro atoms. The Kier molecular flexibility index (Phi) is 7.30. The van der Waals surface area contributed by atoms with Crippen LogP contribution in [0.15, 0.2) is 48.5 Å². The van der Waals surface area contributed by atoms with Crippen molar-refractivity contribution in [1.82, 2.24) is 10.6 Å². The molecule has 3 rings (SSSR count). The van der Waals surface area contributed by atoms with E-state index in [0.717, 1.165) is 22.3 Å². The van der Waals surface area contributed by atoms with Crippen molar-refractivity contribution in [3.05, 3.63) is 59.7 Å². The van der Waals surface area contributed by atoms with Gasteiger partial charge in [0, 0.05) is 12.5 Å². The summed E-state index contributed by atoms with van der Waals surface area (Å²) in [6.07, 6.45) is -1.07. The number of nitrogens with one attached hydrogen (secondary N) is 2. The topological polar surface area (TPSA) is 105 Å². The van der Waals surface area contributed by atoms with Gasteiger partial charge in [-0.2, -0.15) is 8.78 Å². The van der Waals surface area contributed by atoms with E-state index in [1.54, 1.807) is 13.8 Å². The molecule has 9 heteroatoms. The van der Waals surface area contributed by atoms with Crippen LogP contribution in [0, 0.1) is 11.8 Å². The molecule has 3 N–H and O–H groups in total. The minimum absolute atomic E-state index is 0.0493. The molecule has 0 aliphatic heterocycles. The Morgan fingerprint density at radius 2 is 1.55 bits per heavy atom. The zero-order valence-corrected chi connectivity index (χ0v) is 18.3. The molecule has 7 nitrogen and oxygen atoms in total. The van der Waals surface area contributed by atoms with Crippen molar-refractivity contribution in [2.75, 3.05) is 19.7 Å². The molecule has 0 saturated carbocycles. The summed E-state index contributed by atoms with van der Waals surface area (Å²) in [5.74, 6) is -8.35. The van der Waals surface area contributed by atoms with Crippen LogP contribution in [-0.2, 0) is 14.3 Å². The summed E-state index contributed by atoms with van der Waals surface area (Å²) in [4.78, 5) is 35.0. The standard InChI is InChI=1S/C24H26F2N2O5/c1-14(2)19(21(29)30)11-27-22(31)24(25,26)13-28-23(32)33-12-20-17-9-5-3-7-15(17)16-8-4-6-10-18(16)20/h3-10,14,19-20H,11-13H2,1-2H3,(H,27,31)(H,28,32)(H,29,30). The van der Waals surface area contributed by atoms with Crippen molar-refractivity contribution in [3.8, 4) is 11.1 Å². The normalized spacial score (nSPS) is 13.7. The number of ether oxygens (including phenoxy) is 1. The van der Waals surface area contributed by atoms with Gasteiger partial charge in [0.1, 0.15) is 6.61 Å². The smallest absolute Gasteiger partial charge is 0.407 e. The number of rotatable bonds is 9. The highest BCUT2D eigenvalue weighted by molar-refractivity contribution is 5.85. The van der Waals surface area contributed by atoms with Gasteiger partial charge in [0.25, 0.3) is 5.91 Å². The monoisotopic (exact) mass is 460 g/mol. The van der Waals surface area contributed by atoms with Gasteiger partial charge in [-0.25, -0.2) is 4.79 Å².